The average Bonchev–Trinajstić information content (AvgIpc) is 2.86. The second-order valence-corrected chi connectivity index (χ2v) is 9.43. The molecule has 3 aromatic heterocycles. The van der Waals surface area contributed by atoms with Crippen molar-refractivity contribution < 1.29 is 23.0 Å². The molecule has 0 amide bonds. The minimum Gasteiger partial charge on any atom is -0.471 e. The third-order valence-corrected chi connectivity index (χ3v) is 5.89. The van der Waals surface area contributed by atoms with Crippen LogP contribution in [0.15, 0.2) is 53.5 Å². The van der Waals surface area contributed by atoms with Crippen molar-refractivity contribution in [2.75, 3.05) is 0 Å². The third-order valence-electron chi connectivity index (χ3n) is 5.57. The molecule has 0 saturated heterocycles. The Morgan fingerprint density at radius 1 is 1.05 bits per heavy atom. The van der Waals surface area contributed by atoms with Gasteiger partial charge in [-0.05, 0) is 58.0 Å². The highest BCUT2D eigenvalue weighted by Crippen LogP contribution is 2.29. The summed E-state index contributed by atoms with van der Waals surface area (Å²) in [6.07, 6.45) is -3.06. The summed E-state index contributed by atoms with van der Waals surface area (Å²) < 4.78 is 45.8. The van der Waals surface area contributed by atoms with Gasteiger partial charge in [-0.1, -0.05) is 23.7 Å². The van der Waals surface area contributed by atoms with Crippen LogP contribution in [0.1, 0.15) is 42.4 Å². The van der Waals surface area contributed by atoms with Gasteiger partial charge in [0.2, 0.25) is 5.88 Å². The van der Waals surface area contributed by atoms with Crippen LogP contribution < -0.4 is 10.3 Å². The normalized spacial score (nSPS) is 12.0. The maximum atomic E-state index is 13.4. The van der Waals surface area contributed by atoms with Gasteiger partial charge in [0.05, 0.1) is 27.7 Å². The molecule has 4 rings (SSSR count). The van der Waals surface area contributed by atoms with Crippen LogP contribution in [0, 0.1) is 13.8 Å². The Morgan fingerprint density at radius 2 is 1.79 bits per heavy atom. The Balaban J connectivity index is 1.69. The van der Waals surface area contributed by atoms with Crippen LogP contribution in [-0.4, -0.2) is 29.6 Å². The molecule has 0 unspecified atom stereocenters. The summed E-state index contributed by atoms with van der Waals surface area (Å²) in [4.78, 5) is 29.8. The molecule has 0 aliphatic rings. The highest BCUT2D eigenvalue weighted by atomic mass is 35.5. The largest absolute Gasteiger partial charge is 0.471 e. The molecular formula is C26H23ClF3N5O3. The molecule has 0 fully saturated rings. The number of ether oxygens (including phenoxy) is 1. The molecule has 0 spiro atoms. The van der Waals surface area contributed by atoms with E-state index < -0.39 is 23.0 Å². The fourth-order valence-electron chi connectivity index (χ4n) is 3.63. The molecule has 3 heterocycles. The lowest BCUT2D eigenvalue weighted by atomic mass is 10.1. The molecule has 0 saturated carbocycles. The third kappa shape index (κ3) is 5.68. The van der Waals surface area contributed by atoms with Gasteiger partial charge in [0.1, 0.15) is 23.7 Å². The highest BCUT2D eigenvalue weighted by Gasteiger charge is 2.32. The lowest BCUT2D eigenvalue weighted by molar-refractivity contribution is -0.141. The van der Waals surface area contributed by atoms with Crippen molar-refractivity contribution in [1.82, 2.24) is 24.5 Å². The molecule has 0 aliphatic heterocycles. The molecular weight excluding hydrogens is 523 g/mol. The zero-order chi connectivity index (χ0) is 27.8. The quantitative estimate of drug-likeness (QED) is 0.356. The lowest BCUT2D eigenvalue weighted by Gasteiger charge is -2.17. The van der Waals surface area contributed by atoms with Crippen LogP contribution in [0.25, 0.3) is 16.9 Å². The van der Waals surface area contributed by atoms with Gasteiger partial charge in [0.25, 0.3) is 5.56 Å². The van der Waals surface area contributed by atoms with E-state index in [1.54, 1.807) is 45.0 Å². The van der Waals surface area contributed by atoms with Crippen molar-refractivity contribution in [3.05, 3.63) is 92.6 Å². The van der Waals surface area contributed by atoms with Crippen LogP contribution >= 0.6 is 11.6 Å². The van der Waals surface area contributed by atoms with Crippen LogP contribution in [0.5, 0.6) is 5.88 Å². The first-order valence-electron chi connectivity index (χ1n) is 11.4. The maximum absolute atomic E-state index is 13.4. The zero-order valence-corrected chi connectivity index (χ0v) is 21.6. The van der Waals surface area contributed by atoms with E-state index in [4.69, 9.17) is 16.3 Å². The summed E-state index contributed by atoms with van der Waals surface area (Å²) in [5.41, 5.74) is -1.11. The van der Waals surface area contributed by atoms with E-state index in [9.17, 15) is 23.1 Å². The van der Waals surface area contributed by atoms with Gasteiger partial charge >= 0.3 is 6.18 Å². The van der Waals surface area contributed by atoms with Gasteiger partial charge in [-0.2, -0.15) is 18.2 Å². The molecule has 0 radical (unpaired) electrons. The van der Waals surface area contributed by atoms with Crippen LogP contribution in [0.4, 0.5) is 13.2 Å². The smallest absolute Gasteiger partial charge is 0.433 e. The summed E-state index contributed by atoms with van der Waals surface area (Å²) in [7, 11) is 0. The van der Waals surface area contributed by atoms with Gasteiger partial charge in [-0.25, -0.2) is 15.0 Å². The lowest BCUT2D eigenvalue weighted by Crippen LogP contribution is -2.25. The molecule has 0 aliphatic carbocycles. The first kappa shape index (κ1) is 27.2. The number of nitrogens with zero attached hydrogens (tertiary/aromatic N) is 5. The van der Waals surface area contributed by atoms with Gasteiger partial charge in [0, 0.05) is 11.8 Å². The number of benzene rings is 1. The Morgan fingerprint density at radius 3 is 2.47 bits per heavy atom. The maximum Gasteiger partial charge on any atom is 0.433 e. The molecule has 4 aromatic rings. The summed E-state index contributed by atoms with van der Waals surface area (Å²) in [6.45, 7) is 5.91. The van der Waals surface area contributed by atoms with Crippen molar-refractivity contribution >= 4 is 11.6 Å². The van der Waals surface area contributed by atoms with Crippen molar-refractivity contribution in [2.24, 2.45) is 0 Å². The molecule has 1 aromatic carbocycles. The van der Waals surface area contributed by atoms with Gasteiger partial charge in [-0.15, -0.1) is 0 Å². The standard InChI is InChI=1S/C26H23ClF3N5O3/c1-14-22(38-13-17-6-5-7-21(33-17)26(28,29)30)32-15(2)35(23(14)36)20-12-16(8-9-18(20)27)19-10-11-31-24(34-19)25(3,4)37/h5-12,37H,13H2,1-4H3. The Hall–Kier alpha value is -3.83. The predicted molar refractivity (Wildman–Crippen MR) is 134 cm³/mol. The average molecular weight is 546 g/mol. The van der Waals surface area contributed by atoms with E-state index in [0.29, 0.717) is 16.9 Å². The molecule has 0 atom stereocenters. The summed E-state index contributed by atoms with van der Waals surface area (Å²) >= 11 is 6.46. The fraction of sp³-hybridized carbons (Fsp3) is 0.269. The molecule has 1 N–H and O–H groups in total. The Bertz CT molecular complexity index is 1570. The summed E-state index contributed by atoms with van der Waals surface area (Å²) in [5.74, 6) is 0.446. The van der Waals surface area contributed by atoms with Gasteiger partial charge in [-0.3, -0.25) is 9.36 Å². The van der Waals surface area contributed by atoms with Crippen molar-refractivity contribution in [3.8, 4) is 22.8 Å². The Labute approximate surface area is 220 Å². The molecule has 8 nitrogen and oxygen atoms in total. The van der Waals surface area contributed by atoms with Crippen LogP contribution in [0.3, 0.4) is 0 Å². The number of halogens is 4. The number of hydrogen-bond donors (Lipinski definition) is 1. The topological polar surface area (TPSA) is 103 Å². The number of pyridine rings is 1. The minimum atomic E-state index is -4.59. The number of aromatic nitrogens is 5. The predicted octanol–water partition coefficient (Wildman–Crippen LogP) is 5.18. The van der Waals surface area contributed by atoms with Crippen molar-refractivity contribution in [1.29, 1.82) is 0 Å². The van der Waals surface area contributed by atoms with E-state index >= 15 is 0 Å². The zero-order valence-electron chi connectivity index (χ0n) is 20.8. The monoisotopic (exact) mass is 545 g/mol. The Kier molecular flexibility index (Phi) is 7.26. The number of rotatable bonds is 6. The first-order valence-corrected chi connectivity index (χ1v) is 11.8. The highest BCUT2D eigenvalue weighted by molar-refractivity contribution is 6.32. The summed E-state index contributed by atoms with van der Waals surface area (Å²) in [5, 5.41) is 10.5. The van der Waals surface area contributed by atoms with E-state index in [1.165, 1.54) is 29.8 Å². The number of hydrogen-bond acceptors (Lipinski definition) is 7. The number of alkyl halides is 3. The van der Waals surface area contributed by atoms with E-state index in [1.807, 2.05) is 0 Å². The molecule has 0 bridgehead atoms. The number of aryl methyl sites for hydroxylation is 1. The minimum absolute atomic E-state index is 0.0270. The summed E-state index contributed by atoms with van der Waals surface area (Å²) in [6, 6.07) is 10.2. The second kappa shape index (κ2) is 10.1. The fourth-order valence-corrected chi connectivity index (χ4v) is 3.83. The SMILES string of the molecule is Cc1c(OCc2cccc(C(F)(F)F)n2)nc(C)n(-c2cc(-c3ccnc(C(C)(C)O)n3)ccc2Cl)c1=O. The van der Waals surface area contributed by atoms with Crippen LogP contribution in [0.2, 0.25) is 5.02 Å². The van der Waals surface area contributed by atoms with Gasteiger partial charge in [0.15, 0.2) is 5.82 Å². The number of aliphatic hydroxyl groups is 1. The van der Waals surface area contributed by atoms with E-state index in [0.717, 1.165) is 6.07 Å². The van der Waals surface area contributed by atoms with E-state index in [-0.39, 0.29) is 40.4 Å². The molecule has 38 heavy (non-hydrogen) atoms. The van der Waals surface area contributed by atoms with Crippen molar-refractivity contribution in [3.63, 3.8) is 0 Å². The molecule has 12 heteroatoms. The van der Waals surface area contributed by atoms with Gasteiger partial charge < -0.3 is 9.84 Å². The van der Waals surface area contributed by atoms with Crippen molar-refractivity contribution in [2.45, 2.75) is 46.1 Å². The second-order valence-electron chi connectivity index (χ2n) is 9.02. The van der Waals surface area contributed by atoms with Crippen LogP contribution in [-0.2, 0) is 18.4 Å². The van der Waals surface area contributed by atoms with E-state index in [2.05, 4.69) is 19.9 Å². The first-order chi connectivity index (χ1) is 17.8. The molecule has 198 valence electrons.